The SMILES string of the molecule is C=CCn1c(SCc2ccc(CO)cc2)nnc1-c1cnccn1. The molecule has 2 aromatic heterocycles. The Bertz CT molecular complexity index is 802. The van der Waals surface area contributed by atoms with E-state index in [1.807, 2.05) is 34.9 Å². The molecule has 24 heavy (non-hydrogen) atoms. The molecule has 3 aromatic rings. The van der Waals surface area contributed by atoms with Gasteiger partial charge in [0, 0.05) is 24.7 Å². The molecule has 0 saturated carbocycles. The van der Waals surface area contributed by atoms with E-state index < -0.39 is 0 Å². The van der Waals surface area contributed by atoms with Crippen LogP contribution in [0.25, 0.3) is 11.5 Å². The summed E-state index contributed by atoms with van der Waals surface area (Å²) in [5.74, 6) is 1.45. The quantitative estimate of drug-likeness (QED) is 0.527. The zero-order valence-corrected chi connectivity index (χ0v) is 13.9. The van der Waals surface area contributed by atoms with Crippen molar-refractivity contribution < 1.29 is 5.11 Å². The van der Waals surface area contributed by atoms with Gasteiger partial charge in [-0.15, -0.1) is 16.8 Å². The lowest BCUT2D eigenvalue weighted by molar-refractivity contribution is 0.282. The van der Waals surface area contributed by atoms with E-state index in [9.17, 15) is 0 Å². The van der Waals surface area contributed by atoms with Gasteiger partial charge >= 0.3 is 0 Å². The van der Waals surface area contributed by atoms with E-state index in [2.05, 4.69) is 26.7 Å². The number of thioether (sulfide) groups is 1. The Labute approximate surface area is 144 Å². The second kappa shape index (κ2) is 7.85. The predicted octanol–water partition coefficient (Wildman–Crippen LogP) is 2.71. The third-order valence-corrected chi connectivity index (χ3v) is 4.43. The summed E-state index contributed by atoms with van der Waals surface area (Å²) >= 11 is 1.60. The molecule has 0 bridgehead atoms. The Morgan fingerprint density at radius 2 is 1.92 bits per heavy atom. The van der Waals surface area contributed by atoms with Gasteiger partial charge in [0.15, 0.2) is 11.0 Å². The molecule has 0 unspecified atom stereocenters. The topological polar surface area (TPSA) is 76.7 Å². The van der Waals surface area contributed by atoms with E-state index in [1.54, 1.807) is 30.4 Å². The van der Waals surface area contributed by atoms with Crippen LogP contribution in [0.4, 0.5) is 0 Å². The lowest BCUT2D eigenvalue weighted by Crippen LogP contribution is -2.02. The molecule has 0 aliphatic rings. The minimum absolute atomic E-state index is 0.0581. The minimum atomic E-state index is 0.0581. The van der Waals surface area contributed by atoms with Gasteiger partial charge in [0.1, 0.15) is 5.69 Å². The van der Waals surface area contributed by atoms with Crippen LogP contribution in [0, 0.1) is 0 Å². The fourth-order valence-corrected chi connectivity index (χ4v) is 3.09. The van der Waals surface area contributed by atoms with Crippen molar-refractivity contribution in [2.75, 3.05) is 0 Å². The number of aliphatic hydroxyl groups excluding tert-OH is 1. The molecule has 1 aromatic carbocycles. The fraction of sp³-hybridized carbons (Fsp3) is 0.176. The summed E-state index contributed by atoms with van der Waals surface area (Å²) in [4.78, 5) is 8.37. The Morgan fingerprint density at radius 3 is 2.58 bits per heavy atom. The van der Waals surface area contributed by atoms with Crippen LogP contribution in [-0.2, 0) is 18.9 Å². The van der Waals surface area contributed by atoms with Gasteiger partial charge < -0.3 is 5.11 Å². The van der Waals surface area contributed by atoms with Crippen LogP contribution in [-0.4, -0.2) is 29.8 Å². The van der Waals surface area contributed by atoms with Crippen LogP contribution < -0.4 is 0 Å². The average Bonchev–Trinajstić information content (AvgIpc) is 3.04. The summed E-state index contributed by atoms with van der Waals surface area (Å²) < 4.78 is 1.98. The molecule has 6 nitrogen and oxygen atoms in total. The number of nitrogens with zero attached hydrogens (tertiary/aromatic N) is 5. The van der Waals surface area contributed by atoms with E-state index in [1.165, 1.54) is 0 Å². The van der Waals surface area contributed by atoms with Crippen LogP contribution >= 0.6 is 11.8 Å². The Kier molecular flexibility index (Phi) is 5.35. The monoisotopic (exact) mass is 339 g/mol. The highest BCUT2D eigenvalue weighted by atomic mass is 32.2. The van der Waals surface area contributed by atoms with Gasteiger partial charge in [-0.3, -0.25) is 9.55 Å². The highest BCUT2D eigenvalue weighted by Gasteiger charge is 2.14. The first-order valence-electron chi connectivity index (χ1n) is 7.43. The molecule has 0 amide bonds. The van der Waals surface area contributed by atoms with Crippen molar-refractivity contribution in [1.29, 1.82) is 0 Å². The van der Waals surface area contributed by atoms with E-state index in [-0.39, 0.29) is 6.61 Å². The van der Waals surface area contributed by atoms with E-state index in [0.717, 1.165) is 22.0 Å². The third kappa shape index (κ3) is 3.69. The van der Waals surface area contributed by atoms with Gasteiger partial charge in [-0.05, 0) is 11.1 Å². The molecular weight excluding hydrogens is 322 g/mol. The summed E-state index contributed by atoms with van der Waals surface area (Å²) in [6.45, 7) is 4.46. The molecule has 0 saturated heterocycles. The van der Waals surface area contributed by atoms with Crippen molar-refractivity contribution in [3.05, 3.63) is 66.6 Å². The van der Waals surface area contributed by atoms with E-state index in [4.69, 9.17) is 5.11 Å². The van der Waals surface area contributed by atoms with Crippen molar-refractivity contribution in [2.24, 2.45) is 0 Å². The van der Waals surface area contributed by atoms with E-state index >= 15 is 0 Å². The maximum absolute atomic E-state index is 9.10. The number of allylic oxidation sites excluding steroid dienone is 1. The van der Waals surface area contributed by atoms with Gasteiger partial charge in [-0.2, -0.15) is 0 Å². The first kappa shape index (κ1) is 16.4. The van der Waals surface area contributed by atoms with Gasteiger partial charge in [-0.1, -0.05) is 42.1 Å². The second-order valence-electron chi connectivity index (χ2n) is 5.06. The third-order valence-electron chi connectivity index (χ3n) is 3.39. The lowest BCUT2D eigenvalue weighted by atomic mass is 10.2. The lowest BCUT2D eigenvalue weighted by Gasteiger charge is -2.07. The molecular formula is C17H17N5OS. The zero-order chi connectivity index (χ0) is 16.8. The average molecular weight is 339 g/mol. The number of benzene rings is 1. The smallest absolute Gasteiger partial charge is 0.192 e. The number of rotatable bonds is 7. The predicted molar refractivity (Wildman–Crippen MR) is 93.2 cm³/mol. The van der Waals surface area contributed by atoms with Crippen molar-refractivity contribution in [3.8, 4) is 11.5 Å². The van der Waals surface area contributed by atoms with Gasteiger partial charge in [0.2, 0.25) is 0 Å². The molecule has 7 heteroatoms. The van der Waals surface area contributed by atoms with Crippen LogP contribution in [0.1, 0.15) is 11.1 Å². The van der Waals surface area contributed by atoms with Gasteiger partial charge in [0.25, 0.3) is 0 Å². The van der Waals surface area contributed by atoms with Gasteiger partial charge in [0.05, 0.1) is 12.8 Å². The summed E-state index contributed by atoms with van der Waals surface area (Å²) in [6.07, 6.45) is 6.75. The maximum atomic E-state index is 9.10. The largest absolute Gasteiger partial charge is 0.392 e. The molecule has 1 N–H and O–H groups in total. The highest BCUT2D eigenvalue weighted by Crippen LogP contribution is 2.25. The number of aliphatic hydroxyl groups is 1. The molecule has 0 radical (unpaired) electrons. The molecule has 0 atom stereocenters. The summed E-state index contributed by atoms with van der Waals surface area (Å²) in [5.41, 5.74) is 2.75. The Hall–Kier alpha value is -2.51. The number of hydrogen-bond acceptors (Lipinski definition) is 6. The van der Waals surface area contributed by atoms with Gasteiger partial charge in [-0.25, -0.2) is 4.98 Å². The summed E-state index contributed by atoms with van der Waals surface area (Å²) in [6, 6.07) is 7.87. The molecule has 0 spiro atoms. The maximum Gasteiger partial charge on any atom is 0.192 e. The highest BCUT2D eigenvalue weighted by molar-refractivity contribution is 7.98. The normalized spacial score (nSPS) is 10.7. The van der Waals surface area contributed by atoms with Crippen LogP contribution in [0.5, 0.6) is 0 Å². The molecule has 0 aliphatic carbocycles. The molecule has 122 valence electrons. The Morgan fingerprint density at radius 1 is 1.12 bits per heavy atom. The fourth-order valence-electron chi connectivity index (χ4n) is 2.18. The van der Waals surface area contributed by atoms with Crippen LogP contribution in [0.3, 0.4) is 0 Å². The van der Waals surface area contributed by atoms with Crippen LogP contribution in [0.15, 0.2) is 60.7 Å². The van der Waals surface area contributed by atoms with Crippen molar-refractivity contribution in [2.45, 2.75) is 24.1 Å². The standard InChI is InChI=1S/C17H17N5OS/c1-2-9-22-16(15-10-18-7-8-19-15)20-21-17(22)24-12-14-5-3-13(11-23)4-6-14/h2-8,10,23H,1,9,11-12H2. The molecule has 2 heterocycles. The first-order chi connectivity index (χ1) is 11.8. The van der Waals surface area contributed by atoms with E-state index in [0.29, 0.717) is 18.1 Å². The summed E-state index contributed by atoms with van der Waals surface area (Å²) in [7, 11) is 0. The van der Waals surface area contributed by atoms with Crippen molar-refractivity contribution >= 4 is 11.8 Å². The first-order valence-corrected chi connectivity index (χ1v) is 8.42. The Balaban J connectivity index is 1.80. The van der Waals surface area contributed by atoms with Crippen molar-refractivity contribution in [3.63, 3.8) is 0 Å². The minimum Gasteiger partial charge on any atom is -0.392 e. The van der Waals surface area contributed by atoms with Crippen LogP contribution in [0.2, 0.25) is 0 Å². The zero-order valence-electron chi connectivity index (χ0n) is 13.0. The molecule has 3 rings (SSSR count). The number of hydrogen-bond donors (Lipinski definition) is 1. The molecule has 0 fully saturated rings. The molecule has 0 aliphatic heterocycles. The second-order valence-corrected chi connectivity index (χ2v) is 6.00. The summed E-state index contributed by atoms with van der Waals surface area (Å²) in [5, 5.41) is 18.4. The van der Waals surface area contributed by atoms with Crippen molar-refractivity contribution in [1.82, 2.24) is 24.7 Å². The number of aromatic nitrogens is 5.